The van der Waals surface area contributed by atoms with Crippen molar-refractivity contribution in [2.75, 3.05) is 11.9 Å². The SMILES string of the molecule is Cn1c(C(F)(F)F)nc2cc(NC(=O)c3cnn4cc(CCO)cnc34)ccc21. The molecule has 0 aliphatic rings. The summed E-state index contributed by atoms with van der Waals surface area (Å²) in [7, 11) is 1.28. The third-order valence-electron chi connectivity index (χ3n) is 4.45. The summed E-state index contributed by atoms with van der Waals surface area (Å²) in [6.45, 7) is -0.0339. The van der Waals surface area contributed by atoms with E-state index < -0.39 is 17.9 Å². The number of aryl methyl sites for hydroxylation is 1. The number of nitrogens with zero attached hydrogens (tertiary/aromatic N) is 5. The molecule has 0 fully saturated rings. The zero-order valence-electron chi connectivity index (χ0n) is 15.1. The van der Waals surface area contributed by atoms with Crippen LogP contribution in [0, 0.1) is 0 Å². The molecule has 4 rings (SSSR count). The Morgan fingerprint density at radius 2 is 2.07 bits per heavy atom. The number of rotatable bonds is 4. The van der Waals surface area contributed by atoms with Gasteiger partial charge >= 0.3 is 6.18 Å². The standard InChI is InChI=1S/C18H15F3N6O2/c1-26-14-3-2-11(6-13(14)25-17(26)18(19,20)21)24-16(29)12-8-23-27-9-10(4-5-28)7-22-15(12)27/h2-3,6-9,28H,4-5H2,1H3,(H,24,29). The Morgan fingerprint density at radius 1 is 1.28 bits per heavy atom. The van der Waals surface area contributed by atoms with Crippen molar-refractivity contribution in [3.63, 3.8) is 0 Å². The number of fused-ring (bicyclic) bond motifs is 2. The second-order valence-corrected chi connectivity index (χ2v) is 6.41. The maximum atomic E-state index is 13.0. The smallest absolute Gasteiger partial charge is 0.396 e. The summed E-state index contributed by atoms with van der Waals surface area (Å²) >= 11 is 0. The van der Waals surface area contributed by atoms with E-state index in [2.05, 4.69) is 20.4 Å². The number of anilines is 1. The first-order chi connectivity index (χ1) is 13.8. The highest BCUT2D eigenvalue weighted by atomic mass is 19.4. The Labute approximate surface area is 161 Å². The molecule has 3 heterocycles. The lowest BCUT2D eigenvalue weighted by atomic mass is 10.2. The highest BCUT2D eigenvalue weighted by molar-refractivity contribution is 6.08. The molecule has 0 spiro atoms. The molecule has 150 valence electrons. The molecule has 2 N–H and O–H groups in total. The summed E-state index contributed by atoms with van der Waals surface area (Å²) in [4.78, 5) is 20.4. The largest absolute Gasteiger partial charge is 0.449 e. The first kappa shape index (κ1) is 18.9. The molecule has 0 radical (unpaired) electrons. The van der Waals surface area contributed by atoms with Gasteiger partial charge in [-0.05, 0) is 30.2 Å². The average Bonchev–Trinajstić information content (AvgIpc) is 3.22. The van der Waals surface area contributed by atoms with Crippen molar-refractivity contribution < 1.29 is 23.1 Å². The number of benzene rings is 1. The van der Waals surface area contributed by atoms with Crippen LogP contribution in [0.25, 0.3) is 16.7 Å². The van der Waals surface area contributed by atoms with Crippen LogP contribution in [0.3, 0.4) is 0 Å². The predicted octanol–water partition coefficient (Wildman–Crippen LogP) is 2.42. The van der Waals surface area contributed by atoms with Gasteiger partial charge in [0.1, 0.15) is 5.56 Å². The highest BCUT2D eigenvalue weighted by Crippen LogP contribution is 2.31. The lowest BCUT2D eigenvalue weighted by Crippen LogP contribution is -2.12. The number of hydrogen-bond donors (Lipinski definition) is 2. The first-order valence-corrected chi connectivity index (χ1v) is 8.56. The maximum Gasteiger partial charge on any atom is 0.449 e. The van der Waals surface area contributed by atoms with Gasteiger partial charge < -0.3 is 15.0 Å². The topological polar surface area (TPSA) is 97.3 Å². The Bertz CT molecular complexity index is 1230. The zero-order valence-corrected chi connectivity index (χ0v) is 15.1. The molecule has 0 unspecified atom stereocenters. The molecule has 8 nitrogen and oxygen atoms in total. The molecule has 1 amide bonds. The van der Waals surface area contributed by atoms with Crippen molar-refractivity contribution in [2.45, 2.75) is 12.6 Å². The molecule has 11 heteroatoms. The molecular formula is C18H15F3N6O2. The van der Waals surface area contributed by atoms with Crippen LogP contribution in [0.1, 0.15) is 21.7 Å². The molecular weight excluding hydrogens is 389 g/mol. The summed E-state index contributed by atoms with van der Waals surface area (Å²) in [6, 6.07) is 4.34. The van der Waals surface area contributed by atoms with Crippen molar-refractivity contribution in [2.24, 2.45) is 7.05 Å². The van der Waals surface area contributed by atoms with Gasteiger partial charge in [-0.15, -0.1) is 0 Å². The van der Waals surface area contributed by atoms with Crippen LogP contribution in [-0.4, -0.2) is 41.8 Å². The number of aliphatic hydroxyl groups is 1. The number of hydrogen-bond acceptors (Lipinski definition) is 5. The molecule has 3 aromatic heterocycles. The fraction of sp³-hybridized carbons (Fsp3) is 0.222. The minimum Gasteiger partial charge on any atom is -0.396 e. The predicted molar refractivity (Wildman–Crippen MR) is 97.4 cm³/mol. The minimum atomic E-state index is -4.57. The van der Waals surface area contributed by atoms with Gasteiger partial charge in [0, 0.05) is 31.7 Å². The minimum absolute atomic E-state index is 0.0339. The van der Waals surface area contributed by atoms with E-state index in [4.69, 9.17) is 5.11 Å². The van der Waals surface area contributed by atoms with E-state index in [1.807, 2.05) is 0 Å². The van der Waals surface area contributed by atoms with Gasteiger partial charge in [-0.25, -0.2) is 14.5 Å². The van der Waals surface area contributed by atoms with Crippen molar-refractivity contribution in [3.05, 3.63) is 53.7 Å². The summed E-state index contributed by atoms with van der Waals surface area (Å²) in [5.41, 5.74) is 2.00. The number of aromatic nitrogens is 5. The first-order valence-electron chi connectivity index (χ1n) is 8.56. The molecule has 4 aromatic rings. The van der Waals surface area contributed by atoms with Crippen LogP contribution in [0.15, 0.2) is 36.8 Å². The summed E-state index contributed by atoms with van der Waals surface area (Å²) in [5.74, 6) is -1.52. The number of imidazole rings is 1. The van der Waals surface area contributed by atoms with Gasteiger partial charge in [-0.2, -0.15) is 18.3 Å². The lowest BCUT2D eigenvalue weighted by Gasteiger charge is -2.06. The van der Waals surface area contributed by atoms with E-state index in [1.54, 1.807) is 12.4 Å². The van der Waals surface area contributed by atoms with Gasteiger partial charge in [-0.3, -0.25) is 4.79 Å². The monoisotopic (exact) mass is 404 g/mol. The maximum absolute atomic E-state index is 13.0. The van der Waals surface area contributed by atoms with E-state index in [9.17, 15) is 18.0 Å². The fourth-order valence-electron chi connectivity index (χ4n) is 3.06. The Kier molecular flexibility index (Phi) is 4.46. The number of amides is 1. The molecule has 0 aliphatic carbocycles. The van der Waals surface area contributed by atoms with E-state index >= 15 is 0 Å². The molecule has 0 bridgehead atoms. The summed E-state index contributed by atoms with van der Waals surface area (Å²) in [6.07, 6.45) is 0.390. The van der Waals surface area contributed by atoms with E-state index in [-0.39, 0.29) is 17.7 Å². The van der Waals surface area contributed by atoms with E-state index in [0.29, 0.717) is 23.3 Å². The van der Waals surface area contributed by atoms with Crippen LogP contribution in [0.5, 0.6) is 0 Å². The zero-order chi connectivity index (χ0) is 20.8. The van der Waals surface area contributed by atoms with Crippen molar-refractivity contribution >= 4 is 28.3 Å². The average molecular weight is 404 g/mol. The van der Waals surface area contributed by atoms with Gasteiger partial charge in [0.25, 0.3) is 5.91 Å². The third kappa shape index (κ3) is 3.40. The Morgan fingerprint density at radius 3 is 2.79 bits per heavy atom. The van der Waals surface area contributed by atoms with E-state index in [1.165, 1.54) is 36.0 Å². The quantitative estimate of drug-likeness (QED) is 0.545. The third-order valence-corrected chi connectivity index (χ3v) is 4.45. The van der Waals surface area contributed by atoms with E-state index in [0.717, 1.165) is 10.1 Å². The van der Waals surface area contributed by atoms with Crippen molar-refractivity contribution in [3.8, 4) is 0 Å². The van der Waals surface area contributed by atoms with Crippen LogP contribution >= 0.6 is 0 Å². The molecule has 0 saturated carbocycles. The Hall–Kier alpha value is -3.47. The second kappa shape index (κ2) is 6.85. The van der Waals surface area contributed by atoms with Crippen molar-refractivity contribution in [1.29, 1.82) is 0 Å². The lowest BCUT2D eigenvalue weighted by molar-refractivity contribution is -0.146. The molecule has 29 heavy (non-hydrogen) atoms. The number of alkyl halides is 3. The number of carbonyl (C=O) groups excluding carboxylic acids is 1. The number of halogens is 3. The van der Waals surface area contributed by atoms with Crippen LogP contribution in [0.4, 0.5) is 18.9 Å². The second-order valence-electron chi connectivity index (χ2n) is 6.41. The Balaban J connectivity index is 1.63. The molecule has 1 aromatic carbocycles. The van der Waals surface area contributed by atoms with Gasteiger partial charge in [0.15, 0.2) is 5.65 Å². The van der Waals surface area contributed by atoms with Crippen LogP contribution < -0.4 is 5.32 Å². The van der Waals surface area contributed by atoms with Crippen LogP contribution in [-0.2, 0) is 19.6 Å². The normalized spacial score (nSPS) is 12.0. The van der Waals surface area contributed by atoms with Gasteiger partial charge in [0.2, 0.25) is 5.82 Å². The van der Waals surface area contributed by atoms with Gasteiger partial charge in [-0.1, -0.05) is 0 Å². The highest BCUT2D eigenvalue weighted by Gasteiger charge is 2.36. The number of carbonyl (C=O) groups is 1. The summed E-state index contributed by atoms with van der Waals surface area (Å²) < 4.78 is 41.5. The molecule has 0 atom stereocenters. The molecule has 0 saturated heterocycles. The fourth-order valence-corrected chi connectivity index (χ4v) is 3.06. The van der Waals surface area contributed by atoms with Crippen molar-refractivity contribution in [1.82, 2.24) is 24.1 Å². The number of nitrogens with one attached hydrogen (secondary N) is 1. The molecule has 0 aliphatic heterocycles. The number of aliphatic hydroxyl groups excluding tert-OH is 1. The summed E-state index contributed by atoms with van der Waals surface area (Å²) in [5, 5.41) is 15.7. The van der Waals surface area contributed by atoms with Crippen LogP contribution in [0.2, 0.25) is 0 Å². The van der Waals surface area contributed by atoms with Gasteiger partial charge in [0.05, 0.1) is 17.2 Å².